The van der Waals surface area contributed by atoms with Gasteiger partial charge in [0.15, 0.2) is 11.7 Å². The van der Waals surface area contributed by atoms with Crippen molar-refractivity contribution in [3.63, 3.8) is 0 Å². The zero-order valence-corrected chi connectivity index (χ0v) is 47.4. The molecule has 6 heterocycles. The van der Waals surface area contributed by atoms with Gasteiger partial charge in [-0.3, -0.25) is 62.5 Å². The van der Waals surface area contributed by atoms with Crippen LogP contribution in [0.1, 0.15) is 63.5 Å². The van der Waals surface area contributed by atoms with E-state index in [1.807, 2.05) is 0 Å². The fourth-order valence-electron chi connectivity index (χ4n) is 9.68. The molecule has 1 aromatic heterocycles. The summed E-state index contributed by atoms with van der Waals surface area (Å²) in [7, 11) is 0. The van der Waals surface area contributed by atoms with E-state index in [4.69, 9.17) is 22.9 Å². The Morgan fingerprint density at radius 1 is 0.723 bits per heavy atom. The molecule has 3 aromatic rings. The number of nitrogens with zero attached hydrogens (tertiary/aromatic N) is 3. The molecule has 0 aliphatic carbocycles. The summed E-state index contributed by atoms with van der Waals surface area (Å²) in [6.07, 6.45) is -0.393. The van der Waals surface area contributed by atoms with E-state index in [1.165, 1.54) is 0 Å². The van der Waals surface area contributed by atoms with Crippen molar-refractivity contribution in [3.05, 3.63) is 71.9 Å². The van der Waals surface area contributed by atoms with Crippen LogP contribution in [0, 0.1) is 5.92 Å². The molecule has 0 saturated carbocycles. The largest absolute Gasteiger partial charge is 0.481 e. The van der Waals surface area contributed by atoms with Crippen LogP contribution in [-0.2, 0) is 65.6 Å². The monoisotopic (exact) mass is 1190 g/mol. The smallest absolute Gasteiger partial charge is 0.305 e. The molecular formula is C53H71N15O13S2. The lowest BCUT2D eigenvalue weighted by molar-refractivity contribution is -0.159. The normalized spacial score (nSPS) is 24.7. The van der Waals surface area contributed by atoms with E-state index in [0.29, 0.717) is 33.8 Å². The first-order valence-electron chi connectivity index (χ1n) is 26.9. The number of carbonyl (C=O) groups excluding carboxylic acids is 11. The minimum absolute atomic E-state index is 0.0133. The van der Waals surface area contributed by atoms with E-state index in [2.05, 4.69) is 47.2 Å². The lowest BCUT2D eigenvalue weighted by Gasteiger charge is -2.49. The Morgan fingerprint density at radius 2 is 1.35 bits per heavy atom. The first-order chi connectivity index (χ1) is 39.5. The number of ketones is 1. The van der Waals surface area contributed by atoms with Crippen molar-refractivity contribution in [2.75, 3.05) is 37.7 Å². The molecule has 30 heteroatoms. The van der Waals surface area contributed by atoms with Crippen molar-refractivity contribution in [2.24, 2.45) is 33.8 Å². The molecule has 0 spiro atoms. The number of aromatic nitrogens is 1. The quantitative estimate of drug-likeness (QED) is 0.0368. The number of piperazine rings is 1. The van der Waals surface area contributed by atoms with Gasteiger partial charge in [0.2, 0.25) is 53.2 Å². The van der Waals surface area contributed by atoms with Crippen LogP contribution in [-0.4, -0.2) is 187 Å². The van der Waals surface area contributed by atoms with E-state index in [9.17, 15) is 62.6 Å². The molecule has 4 bridgehead atoms. The minimum Gasteiger partial charge on any atom is -0.481 e. The first kappa shape index (κ1) is 63.9. The van der Waals surface area contributed by atoms with Gasteiger partial charge in [-0.1, -0.05) is 74.1 Å². The van der Waals surface area contributed by atoms with Crippen molar-refractivity contribution in [3.8, 4) is 0 Å². The van der Waals surface area contributed by atoms with Gasteiger partial charge in [-0.15, -0.1) is 11.8 Å². The van der Waals surface area contributed by atoms with Gasteiger partial charge in [-0.05, 0) is 48.8 Å². The van der Waals surface area contributed by atoms with Gasteiger partial charge >= 0.3 is 5.97 Å². The topological polar surface area (TPSA) is 448 Å². The number of amides is 10. The number of Topliss-reactive ketones (excluding diaryl/α,β-unsaturated/α-hetero) is 1. The van der Waals surface area contributed by atoms with Gasteiger partial charge in [0, 0.05) is 54.4 Å². The molecule has 5 aliphatic heterocycles. The number of primary amides is 1. The highest BCUT2D eigenvalue weighted by Gasteiger charge is 2.50. The third kappa shape index (κ3) is 18.4. The number of aromatic amines is 1. The van der Waals surface area contributed by atoms with E-state index in [0.717, 1.165) is 21.6 Å². The van der Waals surface area contributed by atoms with Gasteiger partial charge in [0.05, 0.1) is 37.5 Å². The number of aliphatic carboxylic acids is 1. The number of hydrogen-bond acceptors (Lipinski definition) is 16. The number of nitrogens with one attached hydrogen (secondary N) is 8. The molecule has 17 N–H and O–H groups in total. The first-order valence-corrected chi connectivity index (χ1v) is 28.9. The molecule has 10 amide bonds. The average Bonchev–Trinajstić information content (AvgIpc) is 3.81. The Labute approximate surface area is 485 Å². The third-order valence-corrected chi connectivity index (χ3v) is 16.0. The predicted octanol–water partition coefficient (Wildman–Crippen LogP) is -2.83. The van der Waals surface area contributed by atoms with E-state index >= 15 is 0 Å². The zero-order chi connectivity index (χ0) is 60.5. The Morgan fingerprint density at radius 3 is 2.02 bits per heavy atom. The Hall–Kier alpha value is -8.25. The number of rotatable bonds is 17. The van der Waals surface area contributed by atoms with Crippen molar-refractivity contribution >= 4 is 111 Å². The summed E-state index contributed by atoms with van der Waals surface area (Å²) in [4.78, 5) is 176. The maximum absolute atomic E-state index is 14.5. The van der Waals surface area contributed by atoms with Gasteiger partial charge in [0.1, 0.15) is 42.3 Å². The molecule has 448 valence electrons. The second kappa shape index (κ2) is 30.2. The van der Waals surface area contributed by atoms with Crippen LogP contribution in [0.4, 0.5) is 4.79 Å². The number of hydrogen-bond donors (Lipinski definition) is 13. The molecule has 9 atom stereocenters. The average molecular weight is 1190 g/mol. The molecule has 2 unspecified atom stereocenters. The standard InChI is InChI=1S/C53H71N15O13S2/c1-27(2)17-34-47(76)64-37(40(69)21-54)25-83-53(81)66-36(19-29-22-59-31-12-7-6-11-30(29)31)49(78)61-33(14-15-41(55)70)46(75)65-38-26-82-43-24-67(51(80)39(20-44(72)73)68(43)50(38)79)23-42(71)60-32(13-8-16-58-52(56)57)45(74)63-35(48(77)62-34)18-28-9-4-3-5-10-28/h3-7,9-12,22,27,32-39,43,59H,8,13-21,23-26,54H2,1-2H3,(H2,55,70)(H,60,71)(H,61,78)(H,62,77)(H,63,74)(H,64,76)(H,65,75)(H,66,81)(H,72,73)(H4,56,57,58)/t32-,33-,34-,35+,36-,37?,38-,39-,43?/m0/s1. The number of thioether (sulfide) groups is 2. The molecule has 5 aliphatic rings. The highest BCUT2D eigenvalue weighted by molar-refractivity contribution is 8.13. The molecule has 5 fully saturated rings. The van der Waals surface area contributed by atoms with Crippen molar-refractivity contribution < 1.29 is 62.6 Å². The van der Waals surface area contributed by atoms with Crippen molar-refractivity contribution in [1.29, 1.82) is 0 Å². The number of para-hydroxylation sites is 1. The molecule has 2 aromatic carbocycles. The molecule has 83 heavy (non-hydrogen) atoms. The zero-order valence-electron chi connectivity index (χ0n) is 45.8. The highest BCUT2D eigenvalue weighted by atomic mass is 32.2. The molecule has 8 rings (SSSR count). The number of carboxylic acids is 1. The maximum Gasteiger partial charge on any atom is 0.305 e. The number of carbonyl (C=O) groups is 12. The fraction of sp³-hybridized carbons (Fsp3) is 0.491. The lowest BCUT2D eigenvalue weighted by Crippen LogP contribution is -2.69. The summed E-state index contributed by atoms with van der Waals surface area (Å²) in [6, 6.07) is 3.94. The number of fused-ring (bicyclic) bond motifs is 3. The Bertz CT molecular complexity index is 2940. The molecular weight excluding hydrogens is 1120 g/mol. The van der Waals surface area contributed by atoms with Crippen LogP contribution in [0.15, 0.2) is 65.8 Å². The number of aliphatic imine (C=N–C) groups is 1. The summed E-state index contributed by atoms with van der Waals surface area (Å²) < 4.78 is 0. The van der Waals surface area contributed by atoms with E-state index in [-0.39, 0.29) is 69.2 Å². The molecule has 5 saturated heterocycles. The highest BCUT2D eigenvalue weighted by Crippen LogP contribution is 2.33. The Kier molecular flexibility index (Phi) is 23.2. The van der Waals surface area contributed by atoms with Crippen LogP contribution in [0.25, 0.3) is 10.9 Å². The lowest BCUT2D eigenvalue weighted by atomic mass is 10.00. The number of benzene rings is 2. The maximum atomic E-state index is 14.5. The van der Waals surface area contributed by atoms with Gasteiger partial charge in [-0.2, -0.15) is 0 Å². The van der Waals surface area contributed by atoms with Crippen LogP contribution in [0.2, 0.25) is 0 Å². The number of carboxylic acid groups (broad SMARTS) is 1. The van der Waals surface area contributed by atoms with Crippen molar-refractivity contribution in [2.45, 2.75) is 119 Å². The third-order valence-electron chi connectivity index (χ3n) is 13.8. The van der Waals surface area contributed by atoms with E-state index in [1.54, 1.807) is 74.6 Å². The fourth-order valence-corrected chi connectivity index (χ4v) is 11.8. The van der Waals surface area contributed by atoms with Gasteiger partial charge in [0.25, 0.3) is 5.24 Å². The SMILES string of the molecule is CC(C)C[C@@H]1NC(=O)[C@@H](Cc2ccccc2)NC(=O)[C@H](CCCN=C(N)N)NC(=O)CN2CC3SC[C@H](NC(=O)[C@H](CCC(N)=O)NC(=O)[C@H](Cc4c[nH]c5ccccc45)NC(=O)SCC(C(=O)CN)NC1=O)C(=O)N3[C@@H](CC(=O)O)C2=O. The number of guanidine groups is 1. The second-order valence-corrected chi connectivity index (χ2v) is 22.8. The summed E-state index contributed by atoms with van der Waals surface area (Å²) in [5.41, 5.74) is 24.2. The second-order valence-electron chi connectivity index (χ2n) is 20.6. The summed E-state index contributed by atoms with van der Waals surface area (Å²) in [5.74, 6) is -11.2. The number of H-pyrrole nitrogens is 1. The van der Waals surface area contributed by atoms with Crippen molar-refractivity contribution in [1.82, 2.24) is 52.0 Å². The summed E-state index contributed by atoms with van der Waals surface area (Å²) in [6.45, 7) is 1.97. The van der Waals surface area contributed by atoms with Crippen LogP contribution < -0.4 is 60.2 Å². The van der Waals surface area contributed by atoms with E-state index < -0.39 is 156 Å². The van der Waals surface area contributed by atoms with Gasteiger partial charge in [-0.25, -0.2) is 0 Å². The summed E-state index contributed by atoms with van der Waals surface area (Å²) >= 11 is 1.58. The predicted molar refractivity (Wildman–Crippen MR) is 306 cm³/mol. The van der Waals surface area contributed by atoms with Gasteiger partial charge < -0.3 is 80.0 Å². The minimum atomic E-state index is -1.69. The van der Waals surface area contributed by atoms with Crippen LogP contribution in [0.5, 0.6) is 0 Å². The van der Waals surface area contributed by atoms with Crippen LogP contribution >= 0.6 is 23.5 Å². The molecule has 0 radical (unpaired) electrons. The van der Waals surface area contributed by atoms with Crippen LogP contribution in [0.3, 0.4) is 0 Å². The Balaban J connectivity index is 1.39. The molecule has 28 nitrogen and oxygen atoms in total. The summed E-state index contributed by atoms with van der Waals surface area (Å²) in [5, 5.41) is 27.4. The number of nitrogens with two attached hydrogens (primary N) is 4.